The van der Waals surface area contributed by atoms with E-state index in [2.05, 4.69) is 35.0 Å². The first-order chi connectivity index (χ1) is 13.8. The van der Waals surface area contributed by atoms with Crippen molar-refractivity contribution in [1.82, 2.24) is 4.90 Å². The van der Waals surface area contributed by atoms with E-state index in [4.69, 9.17) is 16.6 Å². The van der Waals surface area contributed by atoms with Crippen LogP contribution in [0.4, 0.5) is 11.4 Å². The number of benzene rings is 2. The average molecular weight is 411 g/mol. The highest BCUT2D eigenvalue weighted by Crippen LogP contribution is 2.33. The van der Waals surface area contributed by atoms with Crippen LogP contribution in [-0.2, 0) is 11.2 Å². The normalized spacial score (nSPS) is 19.6. The van der Waals surface area contributed by atoms with Crippen LogP contribution in [0.3, 0.4) is 0 Å². The highest BCUT2D eigenvalue weighted by Gasteiger charge is 2.41. The van der Waals surface area contributed by atoms with E-state index in [1.54, 1.807) is 17.0 Å². The van der Waals surface area contributed by atoms with Crippen molar-refractivity contribution in [3.63, 3.8) is 0 Å². The molecule has 0 atom stereocenters. The number of anilines is 2. The zero-order valence-electron chi connectivity index (χ0n) is 17.2. The lowest BCUT2D eigenvalue weighted by Crippen LogP contribution is -2.45. The summed E-state index contributed by atoms with van der Waals surface area (Å²) < 4.78 is 0. The largest absolute Gasteiger partial charge is 0.369 e. The molecule has 2 aromatic carbocycles. The number of para-hydroxylation sites is 1. The van der Waals surface area contributed by atoms with Crippen molar-refractivity contribution in [2.75, 3.05) is 43.0 Å². The smallest absolute Gasteiger partial charge is 0.274 e. The standard InChI is InChI=1S/C23H27ClN4O/c1-23(2)25-20(22(29)28(23)19-10-8-18(24)9-11-19)16-17-6-4-5-7-21(17)27-14-12-26(3)13-15-27/h4-11H,12-16H2,1-3H3. The van der Waals surface area contributed by atoms with E-state index in [1.807, 2.05) is 32.0 Å². The monoisotopic (exact) mass is 410 g/mol. The van der Waals surface area contributed by atoms with E-state index >= 15 is 0 Å². The summed E-state index contributed by atoms with van der Waals surface area (Å²) in [6.07, 6.45) is 0.537. The minimum Gasteiger partial charge on any atom is -0.369 e. The number of hydrogen-bond donors (Lipinski definition) is 0. The van der Waals surface area contributed by atoms with E-state index in [9.17, 15) is 4.79 Å². The van der Waals surface area contributed by atoms with Crippen molar-refractivity contribution < 1.29 is 4.79 Å². The van der Waals surface area contributed by atoms with Gasteiger partial charge in [-0.15, -0.1) is 0 Å². The maximum Gasteiger partial charge on any atom is 0.274 e. The van der Waals surface area contributed by atoms with Gasteiger partial charge >= 0.3 is 0 Å². The second-order valence-corrected chi connectivity index (χ2v) is 8.70. The Hall–Kier alpha value is -2.37. The minimum atomic E-state index is -0.622. The highest BCUT2D eigenvalue weighted by molar-refractivity contribution is 6.46. The topological polar surface area (TPSA) is 39.1 Å². The molecule has 0 spiro atoms. The lowest BCUT2D eigenvalue weighted by atomic mass is 10.0. The summed E-state index contributed by atoms with van der Waals surface area (Å²) in [5, 5.41) is 0.653. The Morgan fingerprint density at radius 1 is 1.00 bits per heavy atom. The summed E-state index contributed by atoms with van der Waals surface area (Å²) in [4.78, 5) is 24.6. The molecular formula is C23H27ClN4O. The Balaban J connectivity index is 1.59. The zero-order chi connectivity index (χ0) is 20.6. The van der Waals surface area contributed by atoms with Crippen molar-refractivity contribution in [3.05, 3.63) is 59.1 Å². The van der Waals surface area contributed by atoms with Crippen molar-refractivity contribution in [1.29, 1.82) is 0 Å². The van der Waals surface area contributed by atoms with Crippen molar-refractivity contribution in [3.8, 4) is 0 Å². The number of piperazine rings is 1. The van der Waals surface area contributed by atoms with Gasteiger partial charge < -0.3 is 9.80 Å². The van der Waals surface area contributed by atoms with Crippen LogP contribution in [-0.4, -0.2) is 55.4 Å². The quantitative estimate of drug-likeness (QED) is 0.768. The van der Waals surface area contributed by atoms with Gasteiger partial charge in [0, 0.05) is 49.0 Å². The number of halogens is 1. The molecule has 2 aromatic rings. The fraction of sp³-hybridized carbons (Fsp3) is 0.391. The summed E-state index contributed by atoms with van der Waals surface area (Å²) in [6.45, 7) is 8.03. The molecule has 0 saturated carbocycles. The van der Waals surface area contributed by atoms with Crippen LogP contribution in [0.1, 0.15) is 19.4 Å². The molecule has 0 aromatic heterocycles. The van der Waals surface area contributed by atoms with Crippen LogP contribution in [0.2, 0.25) is 5.02 Å². The molecule has 1 saturated heterocycles. The number of rotatable bonds is 4. The molecule has 0 N–H and O–H groups in total. The van der Waals surface area contributed by atoms with E-state index in [-0.39, 0.29) is 5.91 Å². The number of nitrogens with zero attached hydrogens (tertiary/aromatic N) is 4. The number of amides is 1. The van der Waals surface area contributed by atoms with Gasteiger partial charge in [0.1, 0.15) is 11.4 Å². The lowest BCUT2D eigenvalue weighted by Gasteiger charge is -2.35. The van der Waals surface area contributed by atoms with E-state index < -0.39 is 5.66 Å². The first-order valence-electron chi connectivity index (χ1n) is 10.1. The Bertz CT molecular complexity index is 930. The summed E-state index contributed by atoms with van der Waals surface area (Å²) in [5.74, 6) is -0.0366. The summed E-state index contributed by atoms with van der Waals surface area (Å²) >= 11 is 6.02. The minimum absolute atomic E-state index is 0.0366. The second-order valence-electron chi connectivity index (χ2n) is 8.27. The molecule has 2 heterocycles. The zero-order valence-corrected chi connectivity index (χ0v) is 18.0. The predicted molar refractivity (Wildman–Crippen MR) is 120 cm³/mol. The molecule has 4 rings (SSSR count). The Labute approximate surface area is 177 Å². The highest BCUT2D eigenvalue weighted by atomic mass is 35.5. The van der Waals surface area contributed by atoms with E-state index in [0.717, 1.165) is 37.4 Å². The maximum atomic E-state index is 13.3. The van der Waals surface area contributed by atoms with Crippen LogP contribution < -0.4 is 9.80 Å². The average Bonchev–Trinajstić information content (AvgIpc) is 2.92. The summed E-state index contributed by atoms with van der Waals surface area (Å²) in [5.41, 5.74) is 3.15. The molecule has 1 fully saturated rings. The van der Waals surface area contributed by atoms with Crippen LogP contribution in [0, 0.1) is 0 Å². The Morgan fingerprint density at radius 3 is 2.34 bits per heavy atom. The van der Waals surface area contributed by atoms with Crippen molar-refractivity contribution in [2.24, 2.45) is 4.99 Å². The number of likely N-dealkylation sites (N-methyl/N-ethyl adjacent to an activating group) is 1. The molecule has 2 aliphatic rings. The first kappa shape index (κ1) is 19.9. The molecule has 6 heteroatoms. The van der Waals surface area contributed by atoms with Gasteiger partial charge in [-0.2, -0.15) is 0 Å². The molecular weight excluding hydrogens is 384 g/mol. The Morgan fingerprint density at radius 2 is 1.66 bits per heavy atom. The number of hydrogen-bond acceptors (Lipinski definition) is 4. The van der Waals surface area contributed by atoms with Crippen LogP contribution in [0.15, 0.2) is 53.5 Å². The maximum absolute atomic E-state index is 13.3. The van der Waals surface area contributed by atoms with Gasteiger partial charge in [0.2, 0.25) is 0 Å². The molecule has 5 nitrogen and oxygen atoms in total. The molecule has 1 amide bonds. The van der Waals surface area contributed by atoms with Crippen molar-refractivity contribution >= 4 is 34.6 Å². The van der Waals surface area contributed by atoms with Gasteiger partial charge in [-0.25, -0.2) is 0 Å². The third-order valence-corrected chi connectivity index (χ3v) is 5.94. The molecule has 0 aliphatic carbocycles. The summed E-state index contributed by atoms with van der Waals surface area (Å²) in [7, 11) is 2.16. The molecule has 0 radical (unpaired) electrons. The number of carbonyl (C=O) groups excluding carboxylic acids is 1. The van der Waals surface area contributed by atoms with E-state index in [0.29, 0.717) is 17.2 Å². The third-order valence-electron chi connectivity index (χ3n) is 5.68. The van der Waals surface area contributed by atoms with Crippen LogP contribution in [0.5, 0.6) is 0 Å². The molecule has 2 aliphatic heterocycles. The van der Waals surface area contributed by atoms with E-state index in [1.165, 1.54) is 5.69 Å². The third kappa shape index (κ3) is 4.02. The lowest BCUT2D eigenvalue weighted by molar-refractivity contribution is -0.112. The fourth-order valence-electron chi connectivity index (χ4n) is 4.14. The summed E-state index contributed by atoms with van der Waals surface area (Å²) in [6, 6.07) is 15.7. The Kier molecular flexibility index (Phi) is 5.36. The SMILES string of the molecule is CN1CCN(c2ccccc2CC2=NC(C)(C)N(c3ccc(Cl)cc3)C2=O)CC1. The van der Waals surface area contributed by atoms with Gasteiger partial charge in [-0.1, -0.05) is 29.8 Å². The van der Waals surface area contributed by atoms with Gasteiger partial charge in [-0.3, -0.25) is 14.7 Å². The van der Waals surface area contributed by atoms with Crippen molar-refractivity contribution in [2.45, 2.75) is 25.9 Å². The van der Waals surface area contributed by atoms with Gasteiger partial charge in [-0.05, 0) is 56.8 Å². The van der Waals surface area contributed by atoms with Gasteiger partial charge in [0.15, 0.2) is 0 Å². The molecule has 29 heavy (non-hydrogen) atoms. The predicted octanol–water partition coefficient (Wildman–Crippen LogP) is 3.86. The molecule has 0 bridgehead atoms. The molecule has 0 unspecified atom stereocenters. The van der Waals surface area contributed by atoms with Crippen LogP contribution >= 0.6 is 11.6 Å². The molecule has 152 valence electrons. The first-order valence-corrected chi connectivity index (χ1v) is 10.4. The second kappa shape index (κ2) is 7.81. The van der Waals surface area contributed by atoms with Gasteiger partial charge in [0.05, 0.1) is 0 Å². The number of aliphatic imine (C=N–C) groups is 1. The fourth-order valence-corrected chi connectivity index (χ4v) is 4.27. The van der Waals surface area contributed by atoms with Crippen LogP contribution in [0.25, 0.3) is 0 Å². The van der Waals surface area contributed by atoms with Gasteiger partial charge in [0.25, 0.3) is 5.91 Å². The number of carbonyl (C=O) groups is 1.